The van der Waals surface area contributed by atoms with Crippen molar-refractivity contribution >= 4 is 0 Å². The Morgan fingerprint density at radius 2 is 1.71 bits per heavy atom. The third kappa shape index (κ3) is 1.71. The third-order valence-corrected chi connectivity index (χ3v) is 4.76. The first-order valence-corrected chi connectivity index (χ1v) is 6.57. The summed E-state index contributed by atoms with van der Waals surface area (Å²) in [5, 5.41) is 0. The predicted molar refractivity (Wildman–Crippen MR) is 58.9 cm³/mol. The van der Waals surface area contributed by atoms with Gasteiger partial charge in [0, 0.05) is 5.54 Å². The van der Waals surface area contributed by atoms with Gasteiger partial charge in [-0.2, -0.15) is 0 Å². The molecular formula is C13H23N. The van der Waals surface area contributed by atoms with Crippen molar-refractivity contribution in [2.75, 3.05) is 0 Å². The molecule has 0 bridgehead atoms. The second-order valence-corrected chi connectivity index (χ2v) is 6.09. The second kappa shape index (κ2) is 3.23. The lowest BCUT2D eigenvalue weighted by Crippen LogP contribution is -2.29. The molecule has 0 heterocycles. The van der Waals surface area contributed by atoms with Crippen LogP contribution in [0.1, 0.15) is 57.8 Å². The molecular weight excluding hydrogens is 170 g/mol. The molecule has 0 amide bonds. The topological polar surface area (TPSA) is 26.0 Å². The van der Waals surface area contributed by atoms with E-state index in [0.717, 1.165) is 17.8 Å². The van der Waals surface area contributed by atoms with Crippen LogP contribution in [0.2, 0.25) is 0 Å². The molecule has 3 aliphatic carbocycles. The van der Waals surface area contributed by atoms with Gasteiger partial charge in [-0.3, -0.25) is 0 Å². The van der Waals surface area contributed by atoms with E-state index in [1.54, 1.807) is 0 Å². The van der Waals surface area contributed by atoms with Crippen molar-refractivity contribution in [3.8, 4) is 0 Å². The number of nitrogens with two attached hydrogens (primary N) is 1. The zero-order valence-corrected chi connectivity index (χ0v) is 9.17. The zero-order valence-electron chi connectivity index (χ0n) is 9.17. The molecule has 2 atom stereocenters. The molecule has 2 unspecified atom stereocenters. The summed E-state index contributed by atoms with van der Waals surface area (Å²) in [5.41, 5.74) is 6.77. The highest BCUT2D eigenvalue weighted by molar-refractivity contribution is 5.13. The van der Waals surface area contributed by atoms with E-state index < -0.39 is 0 Å². The molecule has 0 aromatic heterocycles. The van der Waals surface area contributed by atoms with Crippen molar-refractivity contribution in [3.05, 3.63) is 0 Å². The van der Waals surface area contributed by atoms with Crippen LogP contribution in [0.3, 0.4) is 0 Å². The van der Waals surface area contributed by atoms with Gasteiger partial charge >= 0.3 is 0 Å². The summed E-state index contributed by atoms with van der Waals surface area (Å²) in [6.07, 6.45) is 13.0. The monoisotopic (exact) mass is 193 g/mol. The minimum absolute atomic E-state index is 0.309. The minimum atomic E-state index is 0.309. The highest BCUT2D eigenvalue weighted by atomic mass is 14.9. The largest absolute Gasteiger partial charge is 0.325 e. The molecule has 14 heavy (non-hydrogen) atoms. The Bertz CT molecular complexity index is 215. The van der Waals surface area contributed by atoms with Crippen molar-refractivity contribution in [2.24, 2.45) is 23.5 Å². The average molecular weight is 193 g/mol. The number of hydrogen-bond acceptors (Lipinski definition) is 1. The summed E-state index contributed by atoms with van der Waals surface area (Å²) >= 11 is 0. The molecule has 0 saturated heterocycles. The normalized spacial score (nSPS) is 43.9. The Labute approximate surface area is 87.4 Å². The highest BCUT2D eigenvalue weighted by Crippen LogP contribution is 2.58. The van der Waals surface area contributed by atoms with Crippen molar-refractivity contribution in [1.82, 2.24) is 0 Å². The fraction of sp³-hybridized carbons (Fsp3) is 1.00. The molecule has 3 fully saturated rings. The molecule has 80 valence electrons. The summed E-state index contributed by atoms with van der Waals surface area (Å²) in [4.78, 5) is 0. The molecule has 3 rings (SSSR count). The van der Waals surface area contributed by atoms with Crippen molar-refractivity contribution in [3.63, 3.8) is 0 Å². The predicted octanol–water partition coefficient (Wildman–Crippen LogP) is 3.08. The minimum Gasteiger partial charge on any atom is -0.325 e. The fourth-order valence-electron chi connectivity index (χ4n) is 3.65. The molecule has 2 N–H and O–H groups in total. The van der Waals surface area contributed by atoms with Gasteiger partial charge < -0.3 is 5.73 Å². The molecule has 3 saturated carbocycles. The molecule has 0 aliphatic heterocycles. The van der Waals surface area contributed by atoms with E-state index in [2.05, 4.69) is 0 Å². The summed E-state index contributed by atoms with van der Waals surface area (Å²) in [7, 11) is 0. The van der Waals surface area contributed by atoms with Gasteiger partial charge in [0.15, 0.2) is 0 Å². The first kappa shape index (κ1) is 9.21. The van der Waals surface area contributed by atoms with Crippen molar-refractivity contribution < 1.29 is 0 Å². The van der Waals surface area contributed by atoms with Crippen LogP contribution in [0, 0.1) is 17.8 Å². The SMILES string of the molecule is NC1(CC2CCCCC2)CC1C1CC1. The van der Waals surface area contributed by atoms with E-state index in [1.807, 2.05) is 0 Å². The molecule has 0 aromatic carbocycles. The quantitative estimate of drug-likeness (QED) is 0.732. The first-order chi connectivity index (χ1) is 6.78. The molecule has 1 nitrogen and oxygen atoms in total. The van der Waals surface area contributed by atoms with Gasteiger partial charge in [0.2, 0.25) is 0 Å². The van der Waals surface area contributed by atoms with Crippen LogP contribution in [-0.2, 0) is 0 Å². The van der Waals surface area contributed by atoms with E-state index in [9.17, 15) is 0 Å². The zero-order chi connectivity index (χ0) is 9.60. The first-order valence-electron chi connectivity index (χ1n) is 6.57. The standard InChI is InChI=1S/C13H23N/c14-13(9-12(13)11-6-7-11)8-10-4-2-1-3-5-10/h10-12H,1-9,14H2. The van der Waals surface area contributed by atoms with E-state index in [-0.39, 0.29) is 0 Å². The van der Waals surface area contributed by atoms with Crippen LogP contribution in [0.5, 0.6) is 0 Å². The van der Waals surface area contributed by atoms with Crippen molar-refractivity contribution in [2.45, 2.75) is 63.3 Å². The highest BCUT2D eigenvalue weighted by Gasteiger charge is 2.57. The maximum atomic E-state index is 6.46. The number of rotatable bonds is 3. The van der Waals surface area contributed by atoms with Gasteiger partial charge in [0.05, 0.1) is 0 Å². The van der Waals surface area contributed by atoms with Gasteiger partial charge in [-0.1, -0.05) is 32.1 Å². The fourth-order valence-corrected chi connectivity index (χ4v) is 3.65. The van der Waals surface area contributed by atoms with Crippen LogP contribution < -0.4 is 5.73 Å². The lowest BCUT2D eigenvalue weighted by Gasteiger charge is -2.25. The van der Waals surface area contributed by atoms with Crippen LogP contribution in [-0.4, -0.2) is 5.54 Å². The van der Waals surface area contributed by atoms with E-state index in [0.29, 0.717) is 5.54 Å². The molecule has 1 heteroatoms. The maximum Gasteiger partial charge on any atom is 0.0192 e. The second-order valence-electron chi connectivity index (χ2n) is 6.09. The van der Waals surface area contributed by atoms with E-state index in [1.165, 1.54) is 57.8 Å². The van der Waals surface area contributed by atoms with Gasteiger partial charge in [0.1, 0.15) is 0 Å². The summed E-state index contributed by atoms with van der Waals surface area (Å²) in [6, 6.07) is 0. The van der Waals surface area contributed by atoms with E-state index >= 15 is 0 Å². The lowest BCUT2D eigenvalue weighted by molar-refractivity contribution is 0.300. The molecule has 0 radical (unpaired) electrons. The van der Waals surface area contributed by atoms with Crippen LogP contribution >= 0.6 is 0 Å². The Morgan fingerprint density at radius 3 is 2.36 bits per heavy atom. The van der Waals surface area contributed by atoms with Crippen molar-refractivity contribution in [1.29, 1.82) is 0 Å². The Hall–Kier alpha value is -0.0400. The third-order valence-electron chi connectivity index (χ3n) is 4.76. The van der Waals surface area contributed by atoms with E-state index in [4.69, 9.17) is 5.73 Å². The van der Waals surface area contributed by atoms with Crippen LogP contribution in [0.4, 0.5) is 0 Å². The smallest absolute Gasteiger partial charge is 0.0192 e. The summed E-state index contributed by atoms with van der Waals surface area (Å²) < 4.78 is 0. The van der Waals surface area contributed by atoms with Crippen LogP contribution in [0.25, 0.3) is 0 Å². The average Bonchev–Trinajstić information content (AvgIpc) is 3.03. The molecule has 0 spiro atoms. The summed E-state index contributed by atoms with van der Waals surface area (Å²) in [6.45, 7) is 0. The maximum absolute atomic E-state index is 6.46. The Balaban J connectivity index is 1.51. The Morgan fingerprint density at radius 1 is 1.00 bits per heavy atom. The van der Waals surface area contributed by atoms with Gasteiger partial charge in [-0.05, 0) is 43.4 Å². The van der Waals surface area contributed by atoms with Gasteiger partial charge in [-0.15, -0.1) is 0 Å². The number of hydrogen-bond donors (Lipinski definition) is 1. The Kier molecular flexibility index (Phi) is 2.12. The summed E-state index contributed by atoms with van der Waals surface area (Å²) in [5.74, 6) is 2.96. The van der Waals surface area contributed by atoms with Gasteiger partial charge in [0.25, 0.3) is 0 Å². The van der Waals surface area contributed by atoms with Crippen LogP contribution in [0.15, 0.2) is 0 Å². The van der Waals surface area contributed by atoms with Gasteiger partial charge in [-0.25, -0.2) is 0 Å². The molecule has 3 aliphatic rings. The lowest BCUT2D eigenvalue weighted by atomic mass is 9.83. The molecule has 0 aromatic rings.